The van der Waals surface area contributed by atoms with Crippen LogP contribution in [0.5, 0.6) is 0 Å². The second-order valence-corrected chi connectivity index (χ2v) is 4.89. The molecular weight excluding hydrogens is 262 g/mol. The van der Waals surface area contributed by atoms with E-state index in [4.69, 9.17) is 14.2 Å². The molecule has 0 amide bonds. The number of aliphatic hydroxyl groups excluding tert-OH is 2. The summed E-state index contributed by atoms with van der Waals surface area (Å²) < 4.78 is 16.3. The average Bonchev–Trinajstić information content (AvgIpc) is 3.28. The predicted molar refractivity (Wildman–Crippen MR) is 69.5 cm³/mol. The van der Waals surface area contributed by atoms with Crippen molar-refractivity contribution in [2.24, 2.45) is 0 Å². The number of aromatic nitrogens is 1. The zero-order chi connectivity index (χ0) is 14.1. The molecule has 0 radical (unpaired) electrons. The Labute approximate surface area is 116 Å². The van der Waals surface area contributed by atoms with Gasteiger partial charge in [-0.1, -0.05) is 12.6 Å². The van der Waals surface area contributed by atoms with Gasteiger partial charge in [-0.2, -0.15) is 0 Å². The SMILES string of the molecule is C=Cc1ccc(CO[C@@H]2OC(CO)[C@H]3OC3[C@@H]2O)cn1. The predicted octanol–water partition coefficient (Wildman–Crippen LogP) is 0.0867. The second-order valence-electron chi connectivity index (χ2n) is 4.89. The molecular formula is C14H17NO5. The molecule has 1 aromatic heterocycles. The van der Waals surface area contributed by atoms with Gasteiger partial charge in [-0.3, -0.25) is 4.98 Å². The normalized spacial score (nSPS) is 35.4. The maximum Gasteiger partial charge on any atom is 0.187 e. The maximum absolute atomic E-state index is 9.97. The summed E-state index contributed by atoms with van der Waals surface area (Å²) in [6.45, 7) is 3.75. The lowest BCUT2D eigenvalue weighted by Gasteiger charge is -2.29. The number of pyridine rings is 1. The summed E-state index contributed by atoms with van der Waals surface area (Å²) >= 11 is 0. The number of hydrogen-bond donors (Lipinski definition) is 2. The van der Waals surface area contributed by atoms with E-state index in [1.54, 1.807) is 12.3 Å². The van der Waals surface area contributed by atoms with Crippen molar-refractivity contribution in [3.05, 3.63) is 36.2 Å². The Balaban J connectivity index is 1.58. The zero-order valence-corrected chi connectivity index (χ0v) is 10.9. The first-order valence-corrected chi connectivity index (χ1v) is 6.51. The summed E-state index contributed by atoms with van der Waals surface area (Å²) in [6.07, 6.45) is 0.768. The Morgan fingerprint density at radius 1 is 1.35 bits per heavy atom. The first kappa shape index (κ1) is 13.7. The number of hydrogen-bond acceptors (Lipinski definition) is 6. The molecule has 0 saturated carbocycles. The fourth-order valence-electron chi connectivity index (χ4n) is 2.30. The number of aliphatic hydroxyl groups is 2. The minimum atomic E-state index is -0.830. The van der Waals surface area contributed by atoms with Crippen molar-refractivity contribution in [2.75, 3.05) is 6.61 Å². The van der Waals surface area contributed by atoms with Crippen LogP contribution >= 0.6 is 0 Å². The highest BCUT2D eigenvalue weighted by molar-refractivity contribution is 5.41. The lowest BCUT2D eigenvalue weighted by Crippen LogP contribution is -2.47. The average molecular weight is 279 g/mol. The minimum absolute atomic E-state index is 0.149. The second kappa shape index (κ2) is 5.59. The van der Waals surface area contributed by atoms with E-state index < -0.39 is 18.5 Å². The maximum atomic E-state index is 9.97. The van der Waals surface area contributed by atoms with Crippen LogP contribution in [0, 0.1) is 0 Å². The molecule has 2 aliphatic rings. The van der Waals surface area contributed by atoms with Crippen LogP contribution in [0.3, 0.4) is 0 Å². The molecule has 5 atom stereocenters. The molecule has 108 valence electrons. The summed E-state index contributed by atoms with van der Waals surface area (Å²) in [5.41, 5.74) is 1.66. The molecule has 0 bridgehead atoms. The third-order valence-corrected chi connectivity index (χ3v) is 3.50. The van der Waals surface area contributed by atoms with Crippen molar-refractivity contribution < 1.29 is 24.4 Å². The number of rotatable bonds is 5. The first-order valence-electron chi connectivity index (χ1n) is 6.51. The number of ether oxygens (including phenoxy) is 3. The van der Waals surface area contributed by atoms with E-state index in [0.29, 0.717) is 0 Å². The molecule has 2 aliphatic heterocycles. The van der Waals surface area contributed by atoms with Gasteiger partial charge in [-0.15, -0.1) is 0 Å². The van der Waals surface area contributed by atoms with E-state index in [9.17, 15) is 10.2 Å². The standard InChI is InChI=1S/C14H17NO5/c1-2-9-4-3-8(5-15-9)7-18-14-11(17)13-12(20-13)10(6-16)19-14/h2-5,10-14,16-17H,1,6-7H2/t10?,11-,12+,13?,14+/m0/s1. The van der Waals surface area contributed by atoms with Gasteiger partial charge in [-0.05, 0) is 17.7 Å². The van der Waals surface area contributed by atoms with E-state index in [-0.39, 0.29) is 25.4 Å². The van der Waals surface area contributed by atoms with Crippen LogP contribution in [0.2, 0.25) is 0 Å². The van der Waals surface area contributed by atoms with Crippen molar-refractivity contribution >= 4 is 6.08 Å². The zero-order valence-electron chi connectivity index (χ0n) is 10.9. The van der Waals surface area contributed by atoms with Gasteiger partial charge in [0.05, 0.1) is 18.9 Å². The van der Waals surface area contributed by atoms with E-state index in [1.165, 1.54) is 0 Å². The van der Waals surface area contributed by atoms with E-state index in [0.717, 1.165) is 11.3 Å². The Bertz CT molecular complexity index is 477. The molecule has 0 aliphatic carbocycles. The summed E-state index contributed by atoms with van der Waals surface area (Å²) in [5, 5.41) is 19.1. The largest absolute Gasteiger partial charge is 0.394 e. The smallest absolute Gasteiger partial charge is 0.187 e. The van der Waals surface area contributed by atoms with Gasteiger partial charge in [-0.25, -0.2) is 0 Å². The quantitative estimate of drug-likeness (QED) is 0.743. The van der Waals surface area contributed by atoms with E-state index >= 15 is 0 Å². The Morgan fingerprint density at radius 2 is 2.20 bits per heavy atom. The van der Waals surface area contributed by atoms with Gasteiger partial charge < -0.3 is 24.4 Å². The van der Waals surface area contributed by atoms with Crippen molar-refractivity contribution in [3.63, 3.8) is 0 Å². The Hall–Kier alpha value is -1.31. The topological polar surface area (TPSA) is 84.3 Å². The fourth-order valence-corrected chi connectivity index (χ4v) is 2.30. The third kappa shape index (κ3) is 2.61. The Morgan fingerprint density at radius 3 is 2.85 bits per heavy atom. The summed E-state index contributed by atoms with van der Waals surface area (Å²) in [5.74, 6) is 0. The van der Waals surface area contributed by atoms with Gasteiger partial charge in [0.15, 0.2) is 6.29 Å². The van der Waals surface area contributed by atoms with Crippen LogP contribution in [0.25, 0.3) is 6.08 Å². The third-order valence-electron chi connectivity index (χ3n) is 3.50. The van der Waals surface area contributed by atoms with Gasteiger partial charge in [0, 0.05) is 6.20 Å². The Kier molecular flexibility index (Phi) is 3.82. The van der Waals surface area contributed by atoms with Crippen LogP contribution in [-0.4, -0.2) is 52.5 Å². The molecule has 3 rings (SSSR count). The van der Waals surface area contributed by atoms with Crippen LogP contribution in [0.15, 0.2) is 24.9 Å². The van der Waals surface area contributed by atoms with E-state index in [1.807, 2.05) is 12.1 Å². The molecule has 2 unspecified atom stereocenters. The van der Waals surface area contributed by atoms with Crippen molar-refractivity contribution in [3.8, 4) is 0 Å². The van der Waals surface area contributed by atoms with Crippen LogP contribution < -0.4 is 0 Å². The molecule has 0 spiro atoms. The molecule has 3 heterocycles. The lowest BCUT2D eigenvalue weighted by atomic mass is 10.1. The molecule has 0 aromatic carbocycles. The van der Waals surface area contributed by atoms with Gasteiger partial charge in [0.25, 0.3) is 0 Å². The summed E-state index contributed by atoms with van der Waals surface area (Å²) in [7, 11) is 0. The number of fused-ring (bicyclic) bond motifs is 1. The van der Waals surface area contributed by atoms with Crippen LogP contribution in [0.1, 0.15) is 11.3 Å². The van der Waals surface area contributed by atoms with Crippen molar-refractivity contribution in [2.45, 2.75) is 37.3 Å². The minimum Gasteiger partial charge on any atom is -0.394 e. The lowest BCUT2D eigenvalue weighted by molar-refractivity contribution is -0.239. The molecule has 2 N–H and O–H groups in total. The highest BCUT2D eigenvalue weighted by atomic mass is 16.7. The fraction of sp³-hybridized carbons (Fsp3) is 0.500. The van der Waals surface area contributed by atoms with E-state index in [2.05, 4.69) is 11.6 Å². The van der Waals surface area contributed by atoms with Crippen LogP contribution in [0.4, 0.5) is 0 Å². The summed E-state index contributed by atoms with van der Waals surface area (Å²) in [6, 6.07) is 3.71. The van der Waals surface area contributed by atoms with Crippen molar-refractivity contribution in [1.29, 1.82) is 0 Å². The van der Waals surface area contributed by atoms with Crippen molar-refractivity contribution in [1.82, 2.24) is 4.98 Å². The highest BCUT2D eigenvalue weighted by Gasteiger charge is 2.57. The van der Waals surface area contributed by atoms with Gasteiger partial charge in [0.1, 0.15) is 24.4 Å². The number of nitrogens with zero attached hydrogens (tertiary/aromatic N) is 1. The van der Waals surface area contributed by atoms with Gasteiger partial charge >= 0.3 is 0 Å². The molecule has 2 saturated heterocycles. The first-order chi connectivity index (χ1) is 9.72. The van der Waals surface area contributed by atoms with Crippen LogP contribution in [-0.2, 0) is 20.8 Å². The summed E-state index contributed by atoms with van der Waals surface area (Å²) in [4.78, 5) is 4.17. The molecule has 1 aromatic rings. The van der Waals surface area contributed by atoms with Gasteiger partial charge in [0.2, 0.25) is 0 Å². The molecule has 20 heavy (non-hydrogen) atoms. The number of epoxide rings is 1. The monoisotopic (exact) mass is 279 g/mol. The molecule has 6 heteroatoms. The molecule has 2 fully saturated rings. The highest BCUT2D eigenvalue weighted by Crippen LogP contribution is 2.37. The molecule has 6 nitrogen and oxygen atoms in total.